The van der Waals surface area contributed by atoms with Gasteiger partial charge in [-0.2, -0.15) is 5.10 Å². The lowest BCUT2D eigenvalue weighted by atomic mass is 10.2. The Balaban J connectivity index is 2.16. The van der Waals surface area contributed by atoms with Crippen molar-refractivity contribution in [3.8, 4) is 0 Å². The van der Waals surface area contributed by atoms with Crippen LogP contribution >= 0.6 is 15.9 Å². The molecule has 0 spiro atoms. The molecule has 0 saturated heterocycles. The third-order valence-electron chi connectivity index (χ3n) is 2.24. The molecule has 0 radical (unpaired) electrons. The number of hydrogen-bond donors (Lipinski definition) is 1. The van der Waals surface area contributed by atoms with Gasteiger partial charge in [-0.15, -0.1) is 0 Å². The minimum absolute atomic E-state index is 0.0142. The monoisotopic (exact) mass is 311 g/mol. The number of nitro benzene ring substituents is 1. The topological polar surface area (TPSA) is 85.9 Å². The van der Waals surface area contributed by atoms with Crippen molar-refractivity contribution in [1.82, 2.24) is 14.8 Å². The number of nitro groups is 1. The van der Waals surface area contributed by atoms with Crippen LogP contribution in [0.1, 0.15) is 5.82 Å². The molecule has 2 rings (SSSR count). The second-order valence-electron chi connectivity index (χ2n) is 3.61. The molecule has 1 aromatic heterocycles. The molecule has 7 nitrogen and oxygen atoms in total. The Morgan fingerprint density at radius 3 is 2.94 bits per heavy atom. The Bertz CT molecular complexity index is 583. The fraction of sp³-hybridized carbons (Fsp3) is 0.200. The number of anilines is 1. The molecule has 8 heteroatoms. The number of rotatable bonds is 4. The van der Waals surface area contributed by atoms with Crippen molar-refractivity contribution in [2.45, 2.75) is 6.54 Å². The lowest BCUT2D eigenvalue weighted by molar-refractivity contribution is -0.384. The maximum absolute atomic E-state index is 10.9. The van der Waals surface area contributed by atoms with Crippen LogP contribution in [0.4, 0.5) is 11.4 Å². The van der Waals surface area contributed by atoms with Crippen LogP contribution in [0.2, 0.25) is 0 Å². The molecule has 2 aromatic rings. The summed E-state index contributed by atoms with van der Waals surface area (Å²) >= 11 is 3.20. The van der Waals surface area contributed by atoms with Crippen LogP contribution in [0, 0.1) is 10.1 Å². The zero-order valence-electron chi connectivity index (χ0n) is 9.50. The van der Waals surface area contributed by atoms with E-state index in [1.807, 2.05) is 0 Å². The van der Waals surface area contributed by atoms with Gasteiger partial charge in [0.05, 0.1) is 11.5 Å². The zero-order chi connectivity index (χ0) is 13.1. The average Bonchev–Trinajstić information content (AvgIpc) is 2.73. The van der Waals surface area contributed by atoms with E-state index < -0.39 is 4.92 Å². The van der Waals surface area contributed by atoms with Crippen LogP contribution in [0.25, 0.3) is 0 Å². The quantitative estimate of drug-likeness (QED) is 0.690. The van der Waals surface area contributed by atoms with E-state index in [-0.39, 0.29) is 5.69 Å². The van der Waals surface area contributed by atoms with Crippen LogP contribution in [0.15, 0.2) is 29.0 Å². The molecule has 1 heterocycles. The van der Waals surface area contributed by atoms with Crippen molar-refractivity contribution in [3.63, 3.8) is 0 Å². The Kier molecular flexibility index (Phi) is 3.56. The minimum atomic E-state index is -0.432. The number of aromatic nitrogens is 3. The molecule has 0 unspecified atom stereocenters. The third kappa shape index (κ3) is 2.83. The van der Waals surface area contributed by atoms with Gasteiger partial charge in [-0.05, 0) is 12.1 Å². The molecule has 0 saturated carbocycles. The summed E-state index contributed by atoms with van der Waals surface area (Å²) in [7, 11) is 1.76. The summed E-state index contributed by atoms with van der Waals surface area (Å²) in [4.78, 5) is 14.5. The summed E-state index contributed by atoms with van der Waals surface area (Å²) in [5.74, 6) is 0.578. The fourth-order valence-electron chi connectivity index (χ4n) is 1.44. The normalized spacial score (nSPS) is 10.3. The van der Waals surface area contributed by atoms with Gasteiger partial charge >= 0.3 is 0 Å². The number of benzene rings is 1. The first-order valence-corrected chi connectivity index (χ1v) is 5.88. The van der Waals surface area contributed by atoms with Crippen molar-refractivity contribution in [3.05, 3.63) is 44.9 Å². The summed E-state index contributed by atoms with van der Waals surface area (Å²) in [5.41, 5.74) is 0.455. The van der Waals surface area contributed by atoms with E-state index in [0.29, 0.717) is 22.5 Å². The van der Waals surface area contributed by atoms with Crippen molar-refractivity contribution >= 4 is 27.3 Å². The van der Waals surface area contributed by atoms with Gasteiger partial charge in [0, 0.05) is 17.6 Å². The van der Waals surface area contributed by atoms with E-state index in [9.17, 15) is 10.1 Å². The number of hydrogen-bond acceptors (Lipinski definition) is 5. The SMILES string of the molecule is Cn1cnc(CNc2ccc(Br)cc2[N+](=O)[O-])n1. The summed E-state index contributed by atoms with van der Waals surface area (Å²) in [6.45, 7) is 0.337. The van der Waals surface area contributed by atoms with Crippen LogP contribution < -0.4 is 5.32 Å². The lowest BCUT2D eigenvalue weighted by Crippen LogP contribution is -2.04. The lowest BCUT2D eigenvalue weighted by Gasteiger charge is -2.05. The molecular weight excluding hydrogens is 302 g/mol. The number of nitrogens with zero attached hydrogens (tertiary/aromatic N) is 4. The molecule has 1 aromatic carbocycles. The maximum Gasteiger partial charge on any atom is 0.293 e. The minimum Gasteiger partial charge on any atom is -0.372 e. The highest BCUT2D eigenvalue weighted by atomic mass is 79.9. The molecule has 18 heavy (non-hydrogen) atoms. The highest BCUT2D eigenvalue weighted by Gasteiger charge is 2.14. The van der Waals surface area contributed by atoms with E-state index in [1.54, 1.807) is 30.2 Å². The number of halogens is 1. The summed E-state index contributed by atoms with van der Waals surface area (Å²) in [5, 5.41) is 17.9. The Morgan fingerprint density at radius 2 is 2.33 bits per heavy atom. The predicted octanol–water partition coefficient (Wildman–Crippen LogP) is 2.10. The molecule has 0 aliphatic rings. The van der Waals surface area contributed by atoms with E-state index in [0.717, 1.165) is 0 Å². The van der Waals surface area contributed by atoms with Crippen molar-refractivity contribution in [2.75, 3.05) is 5.32 Å². The van der Waals surface area contributed by atoms with Gasteiger partial charge in [0.15, 0.2) is 5.82 Å². The molecule has 0 amide bonds. The fourth-order valence-corrected chi connectivity index (χ4v) is 1.79. The van der Waals surface area contributed by atoms with Gasteiger partial charge in [-0.25, -0.2) is 4.98 Å². The third-order valence-corrected chi connectivity index (χ3v) is 2.73. The van der Waals surface area contributed by atoms with Crippen LogP contribution in [0.3, 0.4) is 0 Å². The number of aryl methyl sites for hydroxylation is 1. The molecule has 0 atom stereocenters. The second-order valence-corrected chi connectivity index (χ2v) is 4.52. The first-order valence-electron chi connectivity index (χ1n) is 5.08. The van der Waals surface area contributed by atoms with Crippen LogP contribution in [-0.2, 0) is 13.6 Å². The molecule has 1 N–H and O–H groups in total. The maximum atomic E-state index is 10.9. The van der Waals surface area contributed by atoms with Crippen LogP contribution in [0.5, 0.6) is 0 Å². The molecule has 94 valence electrons. The highest BCUT2D eigenvalue weighted by Crippen LogP contribution is 2.28. The van der Waals surface area contributed by atoms with Crippen molar-refractivity contribution < 1.29 is 4.92 Å². The summed E-state index contributed by atoms with van der Waals surface area (Å²) < 4.78 is 2.24. The predicted molar refractivity (Wildman–Crippen MR) is 69.1 cm³/mol. The molecular formula is C10H10BrN5O2. The summed E-state index contributed by atoms with van der Waals surface area (Å²) in [6.07, 6.45) is 1.58. The van der Waals surface area contributed by atoms with Crippen molar-refractivity contribution in [2.24, 2.45) is 7.05 Å². The molecule has 0 aliphatic heterocycles. The van der Waals surface area contributed by atoms with E-state index in [4.69, 9.17) is 0 Å². The number of nitrogens with one attached hydrogen (secondary N) is 1. The van der Waals surface area contributed by atoms with Gasteiger partial charge in [-0.3, -0.25) is 14.8 Å². The van der Waals surface area contributed by atoms with Gasteiger partial charge < -0.3 is 5.32 Å². The average molecular weight is 312 g/mol. The second kappa shape index (κ2) is 5.13. The van der Waals surface area contributed by atoms with Gasteiger partial charge in [0.1, 0.15) is 12.0 Å². The highest BCUT2D eigenvalue weighted by molar-refractivity contribution is 9.10. The first kappa shape index (κ1) is 12.5. The van der Waals surface area contributed by atoms with E-state index in [2.05, 4.69) is 31.3 Å². The molecule has 0 fully saturated rings. The Hall–Kier alpha value is -1.96. The van der Waals surface area contributed by atoms with E-state index >= 15 is 0 Å². The van der Waals surface area contributed by atoms with Gasteiger partial charge in [0.25, 0.3) is 5.69 Å². The van der Waals surface area contributed by atoms with Crippen molar-refractivity contribution in [1.29, 1.82) is 0 Å². The zero-order valence-corrected chi connectivity index (χ0v) is 11.1. The van der Waals surface area contributed by atoms with E-state index in [1.165, 1.54) is 6.07 Å². The Morgan fingerprint density at radius 1 is 1.56 bits per heavy atom. The Labute approximate surface area is 111 Å². The first-order chi connectivity index (χ1) is 8.56. The molecule has 0 aliphatic carbocycles. The largest absolute Gasteiger partial charge is 0.372 e. The smallest absolute Gasteiger partial charge is 0.293 e. The van der Waals surface area contributed by atoms with Crippen LogP contribution in [-0.4, -0.2) is 19.7 Å². The summed E-state index contributed by atoms with van der Waals surface area (Å²) in [6, 6.07) is 4.83. The van der Waals surface area contributed by atoms with Gasteiger partial charge in [0.2, 0.25) is 0 Å². The standard InChI is InChI=1S/C10H10BrN5O2/c1-15-6-13-10(14-15)5-12-8-3-2-7(11)4-9(8)16(17)18/h2-4,6,12H,5H2,1H3. The molecule has 0 bridgehead atoms. The van der Waals surface area contributed by atoms with Gasteiger partial charge in [-0.1, -0.05) is 15.9 Å².